The molecule has 2 aliphatic carbocycles. The van der Waals surface area contributed by atoms with E-state index in [1.54, 1.807) is 0 Å². The number of esters is 1. The van der Waals surface area contributed by atoms with Gasteiger partial charge in [-0.15, -0.1) is 0 Å². The standard InChI is InChI=1S/C14H23NO4S/c1-19-13(16)11-9-20(17,18)12-8-14(5-2-3-6-14)7-4-10(12)15-11/h10-12,15H,2-9H2,1H3. The smallest absolute Gasteiger partial charge is 0.323 e. The summed E-state index contributed by atoms with van der Waals surface area (Å²) >= 11 is 0. The predicted octanol–water partition coefficient (Wildman–Crippen LogP) is 1.03. The van der Waals surface area contributed by atoms with Crippen LogP contribution in [0.15, 0.2) is 0 Å². The molecule has 0 radical (unpaired) electrons. The van der Waals surface area contributed by atoms with Crippen molar-refractivity contribution < 1.29 is 17.9 Å². The molecule has 2 saturated carbocycles. The van der Waals surface area contributed by atoms with Crippen molar-refractivity contribution in [2.24, 2.45) is 5.41 Å². The van der Waals surface area contributed by atoms with Crippen molar-refractivity contribution in [1.82, 2.24) is 5.32 Å². The minimum atomic E-state index is -3.21. The first-order valence-electron chi connectivity index (χ1n) is 7.51. The van der Waals surface area contributed by atoms with Crippen LogP contribution in [0.3, 0.4) is 0 Å². The van der Waals surface area contributed by atoms with Crippen LogP contribution in [0, 0.1) is 5.41 Å². The number of sulfone groups is 1. The van der Waals surface area contributed by atoms with Gasteiger partial charge in [-0.3, -0.25) is 10.1 Å². The lowest BCUT2D eigenvalue weighted by Gasteiger charge is -2.46. The van der Waals surface area contributed by atoms with Crippen LogP contribution < -0.4 is 5.32 Å². The van der Waals surface area contributed by atoms with Crippen LogP contribution in [-0.2, 0) is 19.4 Å². The van der Waals surface area contributed by atoms with E-state index in [4.69, 9.17) is 4.74 Å². The van der Waals surface area contributed by atoms with Gasteiger partial charge >= 0.3 is 5.97 Å². The Bertz CT molecular complexity index is 495. The van der Waals surface area contributed by atoms with E-state index in [2.05, 4.69) is 5.32 Å². The molecule has 20 heavy (non-hydrogen) atoms. The highest BCUT2D eigenvalue weighted by molar-refractivity contribution is 7.92. The summed E-state index contributed by atoms with van der Waals surface area (Å²) in [4.78, 5) is 11.6. The number of ether oxygens (including phenoxy) is 1. The monoisotopic (exact) mass is 301 g/mol. The second-order valence-electron chi connectivity index (χ2n) is 6.67. The fourth-order valence-corrected chi connectivity index (χ4v) is 6.67. The summed E-state index contributed by atoms with van der Waals surface area (Å²) in [5.41, 5.74) is 0.258. The van der Waals surface area contributed by atoms with Gasteiger partial charge in [0.25, 0.3) is 0 Å². The molecule has 0 aromatic rings. The lowest BCUT2D eigenvalue weighted by molar-refractivity contribution is -0.143. The van der Waals surface area contributed by atoms with E-state index in [0.717, 1.165) is 19.3 Å². The SMILES string of the molecule is COC(=O)C1CS(=O)(=O)C2CC3(CCCC3)CCC2N1. The second-order valence-corrected chi connectivity index (χ2v) is 8.93. The maximum atomic E-state index is 12.5. The molecule has 3 fully saturated rings. The molecule has 0 aromatic heterocycles. The molecule has 3 atom stereocenters. The highest BCUT2D eigenvalue weighted by Crippen LogP contribution is 2.51. The van der Waals surface area contributed by atoms with Crippen LogP contribution in [0.25, 0.3) is 0 Å². The zero-order chi connectivity index (χ0) is 14.4. The van der Waals surface area contributed by atoms with E-state index >= 15 is 0 Å². The van der Waals surface area contributed by atoms with Crippen LogP contribution in [-0.4, -0.2) is 44.6 Å². The molecular formula is C14H23NO4S. The lowest BCUT2D eigenvalue weighted by Crippen LogP contribution is -2.62. The molecule has 0 bridgehead atoms. The Kier molecular flexibility index (Phi) is 3.57. The normalized spacial score (nSPS) is 38.4. The first-order chi connectivity index (χ1) is 9.46. The van der Waals surface area contributed by atoms with Gasteiger partial charge in [-0.05, 0) is 37.5 Å². The first-order valence-corrected chi connectivity index (χ1v) is 9.23. The average Bonchev–Trinajstić information content (AvgIpc) is 2.86. The predicted molar refractivity (Wildman–Crippen MR) is 75.1 cm³/mol. The van der Waals surface area contributed by atoms with Crippen molar-refractivity contribution >= 4 is 15.8 Å². The highest BCUT2D eigenvalue weighted by atomic mass is 32.2. The number of hydrogen-bond acceptors (Lipinski definition) is 5. The van der Waals surface area contributed by atoms with Gasteiger partial charge in [-0.2, -0.15) is 0 Å². The second kappa shape index (κ2) is 4.98. The Labute approximate surface area is 120 Å². The summed E-state index contributed by atoms with van der Waals surface area (Å²) in [5.74, 6) is -0.579. The third kappa shape index (κ3) is 2.37. The Hall–Kier alpha value is -0.620. The van der Waals surface area contributed by atoms with Crippen LogP contribution >= 0.6 is 0 Å². The minimum absolute atomic E-state index is 0.0796. The molecule has 114 valence electrons. The number of carbonyl (C=O) groups is 1. The molecule has 1 heterocycles. The molecule has 3 aliphatic rings. The molecule has 5 nitrogen and oxygen atoms in total. The Morgan fingerprint density at radius 3 is 2.60 bits per heavy atom. The number of hydrogen-bond donors (Lipinski definition) is 1. The van der Waals surface area contributed by atoms with Crippen LogP contribution in [0.2, 0.25) is 0 Å². The van der Waals surface area contributed by atoms with E-state index in [9.17, 15) is 13.2 Å². The molecule has 6 heteroatoms. The van der Waals surface area contributed by atoms with Crippen LogP contribution in [0.5, 0.6) is 0 Å². The molecule has 1 spiro atoms. The fourth-order valence-electron chi connectivity index (χ4n) is 4.41. The summed E-state index contributed by atoms with van der Waals surface area (Å²) in [5, 5.41) is 2.90. The van der Waals surface area contributed by atoms with Gasteiger partial charge in [0.1, 0.15) is 6.04 Å². The Morgan fingerprint density at radius 1 is 1.25 bits per heavy atom. The average molecular weight is 301 g/mol. The van der Waals surface area contributed by atoms with Gasteiger partial charge in [0, 0.05) is 6.04 Å². The molecule has 0 aromatic carbocycles. The Morgan fingerprint density at radius 2 is 1.95 bits per heavy atom. The summed E-state index contributed by atoms with van der Waals surface area (Å²) in [6.45, 7) is 0. The van der Waals surface area contributed by atoms with Gasteiger partial charge in [0.15, 0.2) is 9.84 Å². The van der Waals surface area contributed by atoms with Gasteiger partial charge in [-0.25, -0.2) is 8.42 Å². The molecule has 1 aliphatic heterocycles. The zero-order valence-electron chi connectivity index (χ0n) is 11.9. The number of methoxy groups -OCH3 is 1. The van der Waals surface area contributed by atoms with E-state index in [1.807, 2.05) is 0 Å². The van der Waals surface area contributed by atoms with E-state index in [0.29, 0.717) is 0 Å². The summed E-state index contributed by atoms with van der Waals surface area (Å²) < 4.78 is 29.8. The minimum Gasteiger partial charge on any atom is -0.468 e. The fraction of sp³-hybridized carbons (Fsp3) is 0.929. The van der Waals surface area contributed by atoms with E-state index in [1.165, 1.54) is 32.8 Å². The Balaban J connectivity index is 1.80. The quantitative estimate of drug-likeness (QED) is 0.732. The van der Waals surface area contributed by atoms with Crippen LogP contribution in [0.1, 0.15) is 44.9 Å². The highest BCUT2D eigenvalue weighted by Gasteiger charge is 2.51. The maximum Gasteiger partial charge on any atom is 0.323 e. The third-order valence-corrected chi connectivity index (χ3v) is 7.71. The molecule has 1 N–H and O–H groups in total. The third-order valence-electron chi connectivity index (χ3n) is 5.49. The molecule has 3 unspecified atom stereocenters. The van der Waals surface area contributed by atoms with Crippen molar-refractivity contribution in [2.45, 2.75) is 62.3 Å². The number of fused-ring (bicyclic) bond motifs is 1. The number of nitrogens with one attached hydrogen (secondary N) is 1. The van der Waals surface area contributed by atoms with Crippen molar-refractivity contribution in [3.8, 4) is 0 Å². The van der Waals surface area contributed by atoms with Crippen molar-refractivity contribution in [2.75, 3.05) is 12.9 Å². The maximum absolute atomic E-state index is 12.5. The zero-order valence-corrected chi connectivity index (χ0v) is 12.7. The molecular weight excluding hydrogens is 278 g/mol. The topological polar surface area (TPSA) is 72.5 Å². The summed E-state index contributed by atoms with van der Waals surface area (Å²) in [6.07, 6.45) is 7.53. The van der Waals surface area contributed by atoms with Crippen LogP contribution in [0.4, 0.5) is 0 Å². The van der Waals surface area contributed by atoms with Crippen molar-refractivity contribution in [3.05, 3.63) is 0 Å². The molecule has 0 amide bonds. The van der Waals surface area contributed by atoms with Gasteiger partial charge in [0.05, 0.1) is 18.1 Å². The first kappa shape index (κ1) is 14.3. The van der Waals surface area contributed by atoms with E-state index in [-0.39, 0.29) is 22.5 Å². The number of rotatable bonds is 1. The van der Waals surface area contributed by atoms with Crippen molar-refractivity contribution in [1.29, 1.82) is 0 Å². The summed E-state index contributed by atoms with van der Waals surface area (Å²) in [7, 11) is -1.91. The largest absolute Gasteiger partial charge is 0.468 e. The van der Waals surface area contributed by atoms with E-state index < -0.39 is 21.8 Å². The molecule has 1 saturated heterocycles. The van der Waals surface area contributed by atoms with Gasteiger partial charge in [-0.1, -0.05) is 12.8 Å². The van der Waals surface area contributed by atoms with Gasteiger partial charge in [0.2, 0.25) is 0 Å². The molecule has 3 rings (SSSR count). The van der Waals surface area contributed by atoms with Crippen molar-refractivity contribution in [3.63, 3.8) is 0 Å². The number of carbonyl (C=O) groups excluding carboxylic acids is 1. The lowest BCUT2D eigenvalue weighted by atomic mass is 9.71. The summed E-state index contributed by atoms with van der Waals surface area (Å²) in [6, 6.07) is -0.770. The van der Waals surface area contributed by atoms with Gasteiger partial charge < -0.3 is 4.74 Å².